The second-order valence-electron chi connectivity index (χ2n) is 5.03. The van der Waals surface area contributed by atoms with E-state index < -0.39 is 0 Å². The zero-order valence-electron chi connectivity index (χ0n) is 11.8. The Morgan fingerprint density at radius 1 is 1.30 bits per heavy atom. The van der Waals surface area contributed by atoms with Crippen LogP contribution >= 0.6 is 0 Å². The zero-order valence-corrected chi connectivity index (χ0v) is 11.8. The molecular weight excluding hydrogens is 254 g/mol. The minimum Gasteiger partial charge on any atom is -0.486 e. The first-order chi connectivity index (χ1) is 9.69. The van der Waals surface area contributed by atoms with Crippen LogP contribution in [0, 0.1) is 0 Å². The molecule has 20 heavy (non-hydrogen) atoms. The number of ether oxygens (including phenoxy) is 2. The molecule has 0 radical (unpaired) electrons. The lowest BCUT2D eigenvalue weighted by atomic mass is 10.1. The number of hydrogen-bond donors (Lipinski definition) is 1. The van der Waals surface area contributed by atoms with Crippen molar-refractivity contribution in [2.75, 3.05) is 18.9 Å². The third-order valence-corrected chi connectivity index (χ3v) is 3.62. The largest absolute Gasteiger partial charge is 0.486 e. The van der Waals surface area contributed by atoms with Gasteiger partial charge >= 0.3 is 0 Å². The number of fused-ring (bicyclic) bond motifs is 1. The number of nitrogens with two attached hydrogens (primary N) is 1. The van der Waals surface area contributed by atoms with Crippen molar-refractivity contribution in [1.29, 1.82) is 0 Å². The van der Waals surface area contributed by atoms with Crippen LogP contribution in [0.1, 0.15) is 26.3 Å². The first-order valence-corrected chi connectivity index (χ1v) is 6.93. The molecule has 2 heterocycles. The lowest BCUT2D eigenvalue weighted by Crippen LogP contribution is -2.15. The topological polar surface area (TPSA) is 62.3 Å². The lowest BCUT2D eigenvalue weighted by Gasteiger charge is -2.18. The summed E-state index contributed by atoms with van der Waals surface area (Å²) in [6.07, 6.45) is 2.90. The van der Waals surface area contributed by atoms with Crippen LogP contribution in [0.25, 0.3) is 11.3 Å². The van der Waals surface area contributed by atoms with E-state index in [0.29, 0.717) is 24.9 Å². The molecule has 3 rings (SSSR count). The Balaban J connectivity index is 1.98. The number of aromatic nitrogens is 2. The lowest BCUT2D eigenvalue weighted by molar-refractivity contribution is 0.171. The molecule has 1 unspecified atom stereocenters. The van der Waals surface area contributed by atoms with Gasteiger partial charge in [0.15, 0.2) is 11.5 Å². The number of anilines is 1. The zero-order chi connectivity index (χ0) is 14.1. The maximum atomic E-state index is 6.09. The number of rotatable bonds is 3. The van der Waals surface area contributed by atoms with E-state index in [4.69, 9.17) is 15.2 Å². The summed E-state index contributed by atoms with van der Waals surface area (Å²) in [4.78, 5) is 0. The van der Waals surface area contributed by atoms with Crippen LogP contribution in [-0.4, -0.2) is 23.0 Å². The SMILES string of the molecule is CCC(C)n1cc(N)c(-c2ccc3c(c2)OCCO3)n1. The van der Waals surface area contributed by atoms with Crippen LogP contribution in [0.5, 0.6) is 11.5 Å². The van der Waals surface area contributed by atoms with E-state index in [9.17, 15) is 0 Å². The molecule has 0 fully saturated rings. The van der Waals surface area contributed by atoms with Gasteiger partial charge in [-0.25, -0.2) is 0 Å². The molecule has 5 nitrogen and oxygen atoms in total. The molecule has 0 spiro atoms. The third-order valence-electron chi connectivity index (χ3n) is 3.62. The summed E-state index contributed by atoms with van der Waals surface area (Å²) in [5, 5.41) is 4.60. The van der Waals surface area contributed by atoms with Crippen molar-refractivity contribution in [1.82, 2.24) is 9.78 Å². The van der Waals surface area contributed by atoms with Gasteiger partial charge in [-0.2, -0.15) is 5.10 Å². The van der Waals surface area contributed by atoms with E-state index >= 15 is 0 Å². The van der Waals surface area contributed by atoms with Crippen LogP contribution in [0.3, 0.4) is 0 Å². The fourth-order valence-corrected chi connectivity index (χ4v) is 2.23. The molecule has 5 heteroatoms. The minimum absolute atomic E-state index is 0.336. The summed E-state index contributed by atoms with van der Waals surface area (Å²) >= 11 is 0. The highest BCUT2D eigenvalue weighted by molar-refractivity contribution is 5.74. The number of nitrogen functional groups attached to an aromatic ring is 1. The Hall–Kier alpha value is -2.17. The number of hydrogen-bond acceptors (Lipinski definition) is 4. The fourth-order valence-electron chi connectivity index (χ4n) is 2.23. The van der Waals surface area contributed by atoms with Crippen molar-refractivity contribution in [3.63, 3.8) is 0 Å². The van der Waals surface area contributed by atoms with Gasteiger partial charge in [0.25, 0.3) is 0 Å². The molecular formula is C15H19N3O2. The highest BCUT2D eigenvalue weighted by Crippen LogP contribution is 2.35. The van der Waals surface area contributed by atoms with Crippen molar-refractivity contribution in [3.05, 3.63) is 24.4 Å². The molecule has 1 aromatic carbocycles. The maximum Gasteiger partial charge on any atom is 0.162 e. The first kappa shape index (κ1) is 12.8. The molecule has 2 aromatic rings. The van der Waals surface area contributed by atoms with Crippen LogP contribution < -0.4 is 15.2 Å². The Bertz CT molecular complexity index is 622. The molecule has 0 aliphatic carbocycles. The Morgan fingerprint density at radius 2 is 2.05 bits per heavy atom. The van der Waals surface area contributed by atoms with Gasteiger partial charge in [0.2, 0.25) is 0 Å². The Labute approximate surface area is 118 Å². The molecule has 0 saturated carbocycles. The van der Waals surface area contributed by atoms with Crippen molar-refractivity contribution in [3.8, 4) is 22.8 Å². The van der Waals surface area contributed by atoms with E-state index in [1.807, 2.05) is 29.1 Å². The highest BCUT2D eigenvalue weighted by Gasteiger charge is 2.16. The number of benzene rings is 1. The summed E-state index contributed by atoms with van der Waals surface area (Å²) in [6, 6.07) is 6.15. The molecule has 1 aromatic heterocycles. The average molecular weight is 273 g/mol. The van der Waals surface area contributed by atoms with E-state index in [1.54, 1.807) is 0 Å². The van der Waals surface area contributed by atoms with Crippen molar-refractivity contribution in [2.24, 2.45) is 0 Å². The summed E-state index contributed by atoms with van der Waals surface area (Å²) in [6.45, 7) is 5.43. The second-order valence-corrected chi connectivity index (χ2v) is 5.03. The van der Waals surface area contributed by atoms with Crippen LogP contribution in [0.4, 0.5) is 5.69 Å². The monoisotopic (exact) mass is 273 g/mol. The second kappa shape index (κ2) is 5.07. The van der Waals surface area contributed by atoms with Gasteiger partial charge in [-0.15, -0.1) is 0 Å². The molecule has 0 saturated heterocycles. The van der Waals surface area contributed by atoms with Gasteiger partial charge in [0, 0.05) is 17.8 Å². The van der Waals surface area contributed by atoms with Gasteiger partial charge in [0.1, 0.15) is 18.9 Å². The van der Waals surface area contributed by atoms with Gasteiger partial charge in [-0.1, -0.05) is 6.92 Å². The smallest absolute Gasteiger partial charge is 0.162 e. The summed E-state index contributed by atoms with van der Waals surface area (Å²) < 4.78 is 13.0. The van der Waals surface area contributed by atoms with Crippen molar-refractivity contribution < 1.29 is 9.47 Å². The van der Waals surface area contributed by atoms with Gasteiger partial charge < -0.3 is 15.2 Å². The molecule has 1 aliphatic heterocycles. The molecule has 0 amide bonds. The molecule has 2 N–H and O–H groups in total. The normalized spacial score (nSPS) is 15.1. The number of nitrogens with zero attached hydrogens (tertiary/aromatic N) is 2. The van der Waals surface area contributed by atoms with E-state index in [0.717, 1.165) is 29.2 Å². The minimum atomic E-state index is 0.336. The van der Waals surface area contributed by atoms with Crippen molar-refractivity contribution >= 4 is 5.69 Å². The average Bonchev–Trinajstić information content (AvgIpc) is 2.88. The van der Waals surface area contributed by atoms with Crippen LogP contribution in [0.2, 0.25) is 0 Å². The fraction of sp³-hybridized carbons (Fsp3) is 0.400. The maximum absolute atomic E-state index is 6.09. The standard InChI is InChI=1S/C15H19N3O2/c1-3-10(2)18-9-12(16)15(17-18)11-4-5-13-14(8-11)20-7-6-19-13/h4-5,8-10H,3,6-7,16H2,1-2H3. The quantitative estimate of drug-likeness (QED) is 0.934. The van der Waals surface area contributed by atoms with E-state index in [2.05, 4.69) is 18.9 Å². The van der Waals surface area contributed by atoms with Gasteiger partial charge in [-0.05, 0) is 31.5 Å². The molecule has 106 valence electrons. The Kier molecular flexibility index (Phi) is 3.26. The predicted molar refractivity (Wildman–Crippen MR) is 78.1 cm³/mol. The highest BCUT2D eigenvalue weighted by atomic mass is 16.6. The molecule has 0 bridgehead atoms. The van der Waals surface area contributed by atoms with Crippen molar-refractivity contribution in [2.45, 2.75) is 26.3 Å². The summed E-state index contributed by atoms with van der Waals surface area (Å²) in [5.41, 5.74) is 8.52. The van der Waals surface area contributed by atoms with Gasteiger partial charge in [0.05, 0.1) is 5.69 Å². The Morgan fingerprint density at radius 3 is 2.80 bits per heavy atom. The van der Waals surface area contributed by atoms with E-state index in [1.165, 1.54) is 0 Å². The first-order valence-electron chi connectivity index (χ1n) is 6.93. The third kappa shape index (κ3) is 2.19. The summed E-state index contributed by atoms with van der Waals surface area (Å²) in [5.74, 6) is 1.53. The van der Waals surface area contributed by atoms with Gasteiger partial charge in [-0.3, -0.25) is 4.68 Å². The molecule has 1 aliphatic rings. The summed E-state index contributed by atoms with van der Waals surface area (Å²) in [7, 11) is 0. The van der Waals surface area contributed by atoms with Crippen LogP contribution in [-0.2, 0) is 0 Å². The molecule has 1 atom stereocenters. The van der Waals surface area contributed by atoms with E-state index in [-0.39, 0.29) is 0 Å². The van der Waals surface area contributed by atoms with Crippen LogP contribution in [0.15, 0.2) is 24.4 Å². The predicted octanol–water partition coefficient (Wildman–Crippen LogP) is 2.87.